The number of ether oxygens (including phenoxy) is 1. The summed E-state index contributed by atoms with van der Waals surface area (Å²) in [5.74, 6) is -0.0231. The lowest BCUT2D eigenvalue weighted by molar-refractivity contribution is -0.138. The molecule has 6 aromatic rings. The number of nitrogens with one attached hydrogen (secondary N) is 2. The van der Waals surface area contributed by atoms with Crippen LogP contribution in [0.15, 0.2) is 97.1 Å². The number of carbonyl (C=O) groups excluding carboxylic acids is 1. The van der Waals surface area contributed by atoms with Crippen LogP contribution in [0.5, 0.6) is 0 Å². The molecule has 8 rings (SSSR count). The lowest BCUT2D eigenvalue weighted by Gasteiger charge is -2.30. The van der Waals surface area contributed by atoms with Crippen molar-refractivity contribution in [3.63, 3.8) is 0 Å². The maximum Gasteiger partial charge on any atom is 0.416 e. The van der Waals surface area contributed by atoms with Gasteiger partial charge in [0.05, 0.1) is 25.2 Å². The van der Waals surface area contributed by atoms with Gasteiger partial charge in [-0.05, 0) is 88.9 Å². The van der Waals surface area contributed by atoms with E-state index >= 15 is 0 Å². The van der Waals surface area contributed by atoms with E-state index in [0.717, 1.165) is 34.1 Å². The summed E-state index contributed by atoms with van der Waals surface area (Å²) in [6.45, 7) is 1.85. The number of anilines is 1. The van der Waals surface area contributed by atoms with E-state index in [9.17, 15) is 18.0 Å². The number of H-pyrrole nitrogens is 2. The van der Waals surface area contributed by atoms with Crippen LogP contribution in [0, 0.1) is 0 Å². The molecular weight excluding hydrogens is 625 g/mol. The molecule has 1 saturated carbocycles. The van der Waals surface area contributed by atoms with Crippen LogP contribution in [0.1, 0.15) is 48.4 Å². The molecule has 0 atom stereocenters. The third-order valence-corrected chi connectivity index (χ3v) is 9.63. The van der Waals surface area contributed by atoms with Crippen LogP contribution >= 0.6 is 0 Å². The number of benzene rings is 4. The lowest BCUT2D eigenvalue weighted by Crippen LogP contribution is -2.36. The molecule has 2 fully saturated rings. The average Bonchev–Trinajstić information content (AvgIpc) is 3.88. The van der Waals surface area contributed by atoms with Gasteiger partial charge < -0.3 is 25.3 Å². The Labute approximate surface area is 283 Å². The third-order valence-electron chi connectivity index (χ3n) is 9.63. The van der Waals surface area contributed by atoms with Gasteiger partial charge in [0.15, 0.2) is 0 Å². The molecule has 1 aliphatic heterocycles. The van der Waals surface area contributed by atoms with E-state index in [0.29, 0.717) is 43.1 Å². The molecule has 9 heteroatoms. The van der Waals surface area contributed by atoms with E-state index in [1.165, 1.54) is 42.3 Å². The SMILES string of the molecule is NC(=O)Cc1c(-c2cccc(-c3cc4ccccc4[nH]3)c2)cc(N2CCOCC2)cc1C(F)(F)F.c1ccc2[nH]c(C3CCCC3)cc2c1. The fourth-order valence-electron chi connectivity index (χ4n) is 7.17. The Morgan fingerprint density at radius 2 is 1.45 bits per heavy atom. The summed E-state index contributed by atoms with van der Waals surface area (Å²) >= 11 is 0. The Morgan fingerprint density at radius 1 is 0.796 bits per heavy atom. The Kier molecular flexibility index (Phi) is 9.19. The molecule has 0 radical (unpaired) electrons. The zero-order chi connectivity index (χ0) is 34.0. The molecule has 2 aromatic heterocycles. The zero-order valence-electron chi connectivity index (χ0n) is 27.2. The number of nitrogens with two attached hydrogens (primary N) is 1. The highest BCUT2D eigenvalue weighted by molar-refractivity contribution is 5.88. The predicted octanol–water partition coefficient (Wildman–Crippen LogP) is 9.21. The minimum absolute atomic E-state index is 0.115. The van der Waals surface area contributed by atoms with E-state index in [1.54, 1.807) is 18.2 Å². The molecule has 4 N–H and O–H groups in total. The molecule has 0 spiro atoms. The van der Waals surface area contributed by atoms with E-state index < -0.39 is 24.1 Å². The summed E-state index contributed by atoms with van der Waals surface area (Å²) in [5, 5.41) is 2.39. The smallest absolute Gasteiger partial charge is 0.378 e. The molecule has 3 heterocycles. The predicted molar refractivity (Wildman–Crippen MR) is 190 cm³/mol. The Hall–Kier alpha value is -5.02. The van der Waals surface area contributed by atoms with Gasteiger partial charge in [-0.1, -0.05) is 67.4 Å². The second-order valence-electron chi connectivity index (χ2n) is 12.9. The van der Waals surface area contributed by atoms with E-state index in [-0.39, 0.29) is 5.56 Å². The minimum atomic E-state index is -4.64. The van der Waals surface area contributed by atoms with Crippen molar-refractivity contribution in [2.45, 2.75) is 44.2 Å². The average molecular weight is 665 g/mol. The van der Waals surface area contributed by atoms with Crippen molar-refractivity contribution in [1.29, 1.82) is 0 Å². The second-order valence-corrected chi connectivity index (χ2v) is 12.9. The maximum atomic E-state index is 14.2. The largest absolute Gasteiger partial charge is 0.416 e. The standard InChI is InChI=1S/C27H24F3N3O2.C13H15N/c28-27(29,30)23-15-20(33-8-10-35-11-9-33)14-21(22(23)16-26(31)34)17-5-3-6-18(12-17)25-13-19-4-1-2-7-24(19)32-25;1-2-6-10(5-1)13-9-11-7-3-4-8-12(11)14-13/h1-7,12-15,32H,8-11,16H2,(H2,31,34);3-4,7-10,14H,1-2,5-6H2. The van der Waals surface area contributed by atoms with Crippen molar-refractivity contribution in [2.24, 2.45) is 5.73 Å². The number of hydrogen-bond donors (Lipinski definition) is 3. The highest BCUT2D eigenvalue weighted by Crippen LogP contribution is 2.41. The highest BCUT2D eigenvalue weighted by Gasteiger charge is 2.36. The third kappa shape index (κ3) is 7.22. The number of aromatic amines is 2. The van der Waals surface area contributed by atoms with Crippen LogP contribution in [-0.2, 0) is 22.1 Å². The minimum Gasteiger partial charge on any atom is -0.378 e. The summed E-state index contributed by atoms with van der Waals surface area (Å²) in [6, 6.07) is 30.9. The Balaban J connectivity index is 0.000000223. The summed E-state index contributed by atoms with van der Waals surface area (Å²) in [5.41, 5.74) is 11.2. The second kappa shape index (κ2) is 13.8. The van der Waals surface area contributed by atoms with Gasteiger partial charge in [-0.3, -0.25) is 4.79 Å². The number of nitrogens with zero attached hydrogens (tertiary/aromatic N) is 1. The first-order valence-corrected chi connectivity index (χ1v) is 16.8. The molecule has 0 bridgehead atoms. The molecule has 1 saturated heterocycles. The van der Waals surface area contributed by atoms with E-state index in [4.69, 9.17) is 10.5 Å². The van der Waals surface area contributed by atoms with Crippen molar-refractivity contribution in [1.82, 2.24) is 9.97 Å². The van der Waals surface area contributed by atoms with Gasteiger partial charge in [-0.2, -0.15) is 13.2 Å². The molecule has 2 aliphatic rings. The molecule has 6 nitrogen and oxygen atoms in total. The molecule has 4 aromatic carbocycles. The number of primary amides is 1. The fourth-order valence-corrected chi connectivity index (χ4v) is 7.17. The first kappa shape index (κ1) is 32.5. The monoisotopic (exact) mass is 664 g/mol. The number of carbonyl (C=O) groups is 1. The number of halogens is 3. The molecule has 0 unspecified atom stereocenters. The van der Waals surface area contributed by atoms with Gasteiger partial charge in [-0.15, -0.1) is 0 Å². The normalized spacial score (nSPS) is 15.4. The van der Waals surface area contributed by atoms with Crippen LogP contribution < -0.4 is 10.6 Å². The van der Waals surface area contributed by atoms with E-state index in [1.807, 2.05) is 47.4 Å². The fraction of sp³-hybridized carbons (Fsp3) is 0.275. The number of morpholine rings is 1. The number of aromatic nitrogens is 2. The van der Waals surface area contributed by atoms with Crippen molar-refractivity contribution >= 4 is 33.4 Å². The van der Waals surface area contributed by atoms with Crippen LogP contribution in [0.4, 0.5) is 18.9 Å². The van der Waals surface area contributed by atoms with Crippen molar-refractivity contribution in [2.75, 3.05) is 31.2 Å². The number of alkyl halides is 3. The molecule has 252 valence electrons. The van der Waals surface area contributed by atoms with Crippen LogP contribution in [-0.4, -0.2) is 42.2 Å². The quantitative estimate of drug-likeness (QED) is 0.166. The van der Waals surface area contributed by atoms with Gasteiger partial charge in [0.1, 0.15) is 0 Å². The highest BCUT2D eigenvalue weighted by atomic mass is 19.4. The van der Waals surface area contributed by atoms with Crippen molar-refractivity contribution in [3.8, 4) is 22.4 Å². The summed E-state index contributed by atoms with van der Waals surface area (Å²) in [4.78, 5) is 20.6. The van der Waals surface area contributed by atoms with E-state index in [2.05, 4.69) is 40.3 Å². The van der Waals surface area contributed by atoms with Gasteiger partial charge in [0.25, 0.3) is 0 Å². The van der Waals surface area contributed by atoms with Crippen LogP contribution in [0.25, 0.3) is 44.2 Å². The lowest BCUT2D eigenvalue weighted by atomic mass is 9.90. The van der Waals surface area contributed by atoms with Gasteiger partial charge in [0, 0.05) is 46.6 Å². The van der Waals surface area contributed by atoms with Gasteiger partial charge in [-0.25, -0.2) is 0 Å². The van der Waals surface area contributed by atoms with Gasteiger partial charge >= 0.3 is 6.18 Å². The van der Waals surface area contributed by atoms with Crippen molar-refractivity contribution < 1.29 is 22.7 Å². The molecule has 1 aliphatic carbocycles. The van der Waals surface area contributed by atoms with Crippen LogP contribution in [0.2, 0.25) is 0 Å². The number of amides is 1. The first-order valence-electron chi connectivity index (χ1n) is 16.8. The zero-order valence-corrected chi connectivity index (χ0v) is 27.2. The number of hydrogen-bond acceptors (Lipinski definition) is 3. The summed E-state index contributed by atoms with van der Waals surface area (Å²) in [7, 11) is 0. The van der Waals surface area contributed by atoms with Gasteiger partial charge in [0.2, 0.25) is 5.91 Å². The number of para-hydroxylation sites is 2. The topological polar surface area (TPSA) is 87.1 Å². The molecule has 1 amide bonds. The number of fused-ring (bicyclic) bond motifs is 2. The van der Waals surface area contributed by atoms with Crippen LogP contribution in [0.3, 0.4) is 0 Å². The van der Waals surface area contributed by atoms with Crippen molar-refractivity contribution in [3.05, 3.63) is 114 Å². The molecular formula is C40H39F3N4O2. The summed E-state index contributed by atoms with van der Waals surface area (Å²) < 4.78 is 48.0. The Bertz CT molecular complexity index is 2020. The first-order chi connectivity index (χ1) is 23.7. The number of rotatable bonds is 6. The summed E-state index contributed by atoms with van der Waals surface area (Å²) in [6.07, 6.45) is 0.389. The maximum absolute atomic E-state index is 14.2. The molecule has 49 heavy (non-hydrogen) atoms. The Morgan fingerprint density at radius 3 is 2.10 bits per heavy atom.